The van der Waals surface area contributed by atoms with E-state index >= 15 is 0 Å². The summed E-state index contributed by atoms with van der Waals surface area (Å²) >= 11 is 0. The number of hydrogen-bond donors (Lipinski definition) is 1. The average Bonchev–Trinajstić information content (AvgIpc) is 2.87. The van der Waals surface area contributed by atoms with E-state index < -0.39 is 6.10 Å². The van der Waals surface area contributed by atoms with Crippen LogP contribution in [0, 0.1) is 5.92 Å². The minimum Gasteiger partial charge on any atom is -0.497 e. The Kier molecular flexibility index (Phi) is 6.46. The van der Waals surface area contributed by atoms with Gasteiger partial charge in [0.2, 0.25) is 5.88 Å². The van der Waals surface area contributed by atoms with Crippen molar-refractivity contribution in [2.45, 2.75) is 18.9 Å². The summed E-state index contributed by atoms with van der Waals surface area (Å²) in [5.41, 5.74) is 0.856. The van der Waals surface area contributed by atoms with Crippen LogP contribution in [-0.2, 0) is 0 Å². The molecule has 1 saturated heterocycles. The number of methoxy groups -OCH3 is 1. The summed E-state index contributed by atoms with van der Waals surface area (Å²) in [6.07, 6.45) is 3.19. The number of β-amino-alcohol motifs (C(OH)–C–C–N with tert-alkyl or cyclic N) is 1. The summed E-state index contributed by atoms with van der Waals surface area (Å²) in [4.78, 5) is 2.31. The molecule has 0 spiro atoms. The molecule has 174 valence electrons. The molecule has 2 aliphatic rings. The van der Waals surface area contributed by atoms with Crippen molar-refractivity contribution in [3.8, 4) is 23.1 Å². The lowest BCUT2D eigenvalue weighted by Crippen LogP contribution is -2.38. The molecule has 3 heterocycles. The van der Waals surface area contributed by atoms with Crippen molar-refractivity contribution in [3.63, 3.8) is 0 Å². The van der Waals surface area contributed by atoms with Crippen molar-refractivity contribution >= 4 is 10.8 Å². The van der Waals surface area contributed by atoms with E-state index in [9.17, 15) is 5.11 Å². The zero-order valence-corrected chi connectivity index (χ0v) is 18.8. The molecule has 1 fully saturated rings. The molecule has 33 heavy (non-hydrogen) atoms. The molecule has 1 atom stereocenters. The Labute approximate surface area is 193 Å². The number of nitrogens with zero attached hydrogens (tertiary/aromatic N) is 3. The van der Waals surface area contributed by atoms with Gasteiger partial charge in [0.15, 0.2) is 11.5 Å². The Morgan fingerprint density at radius 2 is 1.91 bits per heavy atom. The fraction of sp³-hybridized carbons (Fsp3) is 0.440. The van der Waals surface area contributed by atoms with Crippen LogP contribution in [-0.4, -0.2) is 66.8 Å². The Morgan fingerprint density at radius 3 is 2.73 bits per heavy atom. The maximum absolute atomic E-state index is 10.7. The third kappa shape index (κ3) is 4.96. The average molecular weight is 452 g/mol. The Hall–Kier alpha value is -3.10. The standard InChI is InChI=1S/C25H29N3O5/c1-30-20-4-2-19-14-26-27-25(21(19)13-20)33-16-17-6-8-28(9-7-17)15-22(29)18-3-5-23-24(12-18)32-11-10-31-23/h2-5,12-14,17,22,29H,6-11,15-16H2,1H3. The second-order valence-corrected chi connectivity index (χ2v) is 8.58. The second-order valence-electron chi connectivity index (χ2n) is 8.58. The lowest BCUT2D eigenvalue weighted by atomic mass is 9.97. The Morgan fingerprint density at radius 1 is 1.09 bits per heavy atom. The highest BCUT2D eigenvalue weighted by Gasteiger charge is 2.23. The van der Waals surface area contributed by atoms with E-state index in [4.69, 9.17) is 18.9 Å². The maximum Gasteiger partial charge on any atom is 0.241 e. The number of aliphatic hydroxyl groups is 1. The number of aromatic nitrogens is 2. The molecule has 1 unspecified atom stereocenters. The number of rotatable bonds is 7. The minimum absolute atomic E-state index is 0.440. The maximum atomic E-state index is 10.7. The molecule has 1 N–H and O–H groups in total. The van der Waals surface area contributed by atoms with Gasteiger partial charge in [0.25, 0.3) is 0 Å². The number of aliphatic hydroxyl groups excluding tert-OH is 1. The zero-order chi connectivity index (χ0) is 22.6. The second kappa shape index (κ2) is 9.80. The molecule has 8 nitrogen and oxygen atoms in total. The molecule has 0 amide bonds. The first-order valence-corrected chi connectivity index (χ1v) is 11.4. The molecule has 0 bridgehead atoms. The largest absolute Gasteiger partial charge is 0.497 e. The summed E-state index contributed by atoms with van der Waals surface area (Å²) in [7, 11) is 1.65. The van der Waals surface area contributed by atoms with Crippen LogP contribution >= 0.6 is 0 Å². The third-order valence-electron chi connectivity index (χ3n) is 6.38. The van der Waals surface area contributed by atoms with E-state index in [1.54, 1.807) is 13.3 Å². The van der Waals surface area contributed by atoms with Gasteiger partial charge < -0.3 is 29.0 Å². The van der Waals surface area contributed by atoms with Crippen LogP contribution in [0.25, 0.3) is 10.8 Å². The highest BCUT2D eigenvalue weighted by atomic mass is 16.6. The van der Waals surface area contributed by atoms with E-state index in [0.717, 1.165) is 53.8 Å². The first kappa shape index (κ1) is 21.7. The van der Waals surface area contributed by atoms with Crippen molar-refractivity contribution in [2.75, 3.05) is 46.6 Å². The molecule has 2 aliphatic heterocycles. The van der Waals surface area contributed by atoms with E-state index in [0.29, 0.717) is 43.9 Å². The predicted octanol–water partition coefficient (Wildman–Crippen LogP) is 3.23. The Bertz CT molecular complexity index is 1100. The molecule has 2 aromatic carbocycles. The van der Waals surface area contributed by atoms with Gasteiger partial charge in [0, 0.05) is 11.9 Å². The van der Waals surface area contributed by atoms with Crippen molar-refractivity contribution in [1.29, 1.82) is 0 Å². The van der Waals surface area contributed by atoms with E-state index in [-0.39, 0.29) is 0 Å². The normalized spacial score (nSPS) is 17.6. The quantitative estimate of drug-likeness (QED) is 0.586. The van der Waals surface area contributed by atoms with Crippen LogP contribution < -0.4 is 18.9 Å². The van der Waals surface area contributed by atoms with Crippen molar-refractivity contribution in [1.82, 2.24) is 15.1 Å². The molecule has 5 rings (SSSR count). The molecule has 0 radical (unpaired) electrons. The minimum atomic E-state index is -0.561. The molecular weight excluding hydrogens is 422 g/mol. The fourth-order valence-corrected chi connectivity index (χ4v) is 4.41. The van der Waals surface area contributed by atoms with Gasteiger partial charge in [-0.25, -0.2) is 0 Å². The zero-order valence-electron chi connectivity index (χ0n) is 18.8. The smallest absolute Gasteiger partial charge is 0.241 e. The fourth-order valence-electron chi connectivity index (χ4n) is 4.41. The van der Waals surface area contributed by atoms with Crippen LogP contribution in [0.15, 0.2) is 42.6 Å². The lowest BCUT2D eigenvalue weighted by molar-refractivity contribution is 0.0784. The predicted molar refractivity (Wildman–Crippen MR) is 123 cm³/mol. The summed E-state index contributed by atoms with van der Waals surface area (Å²) in [5, 5.41) is 20.9. The van der Waals surface area contributed by atoms with Gasteiger partial charge in [0.1, 0.15) is 19.0 Å². The highest BCUT2D eigenvalue weighted by Crippen LogP contribution is 2.33. The van der Waals surface area contributed by atoms with Crippen molar-refractivity contribution in [3.05, 3.63) is 48.2 Å². The van der Waals surface area contributed by atoms with Gasteiger partial charge in [-0.15, -0.1) is 5.10 Å². The molecule has 3 aromatic rings. The van der Waals surface area contributed by atoms with Crippen LogP contribution in [0.4, 0.5) is 0 Å². The number of hydrogen-bond acceptors (Lipinski definition) is 8. The first-order chi connectivity index (χ1) is 16.2. The SMILES string of the molecule is COc1ccc2cnnc(OCC3CCN(CC(O)c4ccc5c(c4)OCCO5)CC3)c2c1. The van der Waals surface area contributed by atoms with Crippen LogP contribution in [0.1, 0.15) is 24.5 Å². The monoisotopic (exact) mass is 451 g/mol. The van der Waals surface area contributed by atoms with E-state index in [1.165, 1.54) is 0 Å². The first-order valence-electron chi connectivity index (χ1n) is 11.4. The van der Waals surface area contributed by atoms with E-state index in [1.807, 2.05) is 36.4 Å². The number of fused-ring (bicyclic) bond motifs is 2. The van der Waals surface area contributed by atoms with Crippen LogP contribution in [0.3, 0.4) is 0 Å². The topological polar surface area (TPSA) is 86.2 Å². The molecule has 0 saturated carbocycles. The molecule has 0 aliphatic carbocycles. The summed E-state index contributed by atoms with van der Waals surface area (Å²) in [6, 6.07) is 11.5. The molecule has 1 aromatic heterocycles. The third-order valence-corrected chi connectivity index (χ3v) is 6.38. The van der Waals surface area contributed by atoms with Gasteiger partial charge in [-0.2, -0.15) is 5.10 Å². The van der Waals surface area contributed by atoms with Crippen LogP contribution in [0.2, 0.25) is 0 Å². The van der Waals surface area contributed by atoms with Gasteiger partial charge in [-0.3, -0.25) is 0 Å². The van der Waals surface area contributed by atoms with Gasteiger partial charge in [-0.05, 0) is 67.7 Å². The summed E-state index contributed by atoms with van der Waals surface area (Å²) < 4.78 is 22.6. The number of likely N-dealkylation sites (tertiary alicyclic amines) is 1. The van der Waals surface area contributed by atoms with Gasteiger partial charge in [-0.1, -0.05) is 6.07 Å². The highest BCUT2D eigenvalue weighted by molar-refractivity contribution is 5.87. The number of piperidine rings is 1. The van der Waals surface area contributed by atoms with Gasteiger partial charge in [0.05, 0.1) is 31.4 Å². The van der Waals surface area contributed by atoms with Crippen LogP contribution in [0.5, 0.6) is 23.1 Å². The Balaban J connectivity index is 1.13. The number of ether oxygens (including phenoxy) is 4. The summed E-state index contributed by atoms with van der Waals surface area (Å²) in [5.74, 6) is 3.21. The molecular formula is C25H29N3O5. The van der Waals surface area contributed by atoms with Crippen molar-refractivity contribution in [2.24, 2.45) is 5.92 Å². The van der Waals surface area contributed by atoms with Gasteiger partial charge >= 0.3 is 0 Å². The lowest BCUT2D eigenvalue weighted by Gasteiger charge is -2.33. The number of benzene rings is 2. The van der Waals surface area contributed by atoms with Crippen molar-refractivity contribution < 1.29 is 24.1 Å². The summed E-state index contributed by atoms with van der Waals surface area (Å²) in [6.45, 7) is 4.15. The molecule has 8 heteroatoms. The van der Waals surface area contributed by atoms with E-state index in [2.05, 4.69) is 15.1 Å².